The summed E-state index contributed by atoms with van der Waals surface area (Å²) in [6, 6.07) is 3.90. The van der Waals surface area contributed by atoms with Gasteiger partial charge in [0.05, 0.1) is 16.7 Å². The molecule has 0 spiro atoms. The second-order valence-corrected chi connectivity index (χ2v) is 7.76. The zero-order chi connectivity index (χ0) is 21.9. The van der Waals surface area contributed by atoms with Crippen molar-refractivity contribution in [1.82, 2.24) is 25.4 Å². The highest BCUT2D eigenvalue weighted by Gasteiger charge is 2.24. The summed E-state index contributed by atoms with van der Waals surface area (Å²) >= 11 is 3.06. The monoisotopic (exact) mass is 485 g/mol. The molecular formula is C17H17BrFN5O6. The molecule has 0 unspecified atom stereocenters. The van der Waals surface area contributed by atoms with E-state index in [4.69, 9.17) is 14.0 Å². The van der Waals surface area contributed by atoms with Crippen LogP contribution in [0.2, 0.25) is 0 Å². The van der Waals surface area contributed by atoms with Gasteiger partial charge in [0.25, 0.3) is 5.88 Å². The van der Waals surface area contributed by atoms with E-state index in [9.17, 15) is 14.0 Å². The fraction of sp³-hybridized carbons (Fsp3) is 0.353. The van der Waals surface area contributed by atoms with E-state index in [0.717, 1.165) is 4.57 Å². The molecule has 1 N–H and O–H groups in total. The first-order valence-electron chi connectivity index (χ1n) is 8.62. The third kappa shape index (κ3) is 5.03. The molecule has 0 atom stereocenters. The van der Waals surface area contributed by atoms with Crippen LogP contribution in [0.25, 0.3) is 17.2 Å². The Bertz CT molecular complexity index is 1100. The van der Waals surface area contributed by atoms with Crippen molar-refractivity contribution >= 4 is 22.0 Å². The number of nitrogens with zero attached hydrogens (tertiary/aromatic N) is 4. The number of nitrogens with one attached hydrogen (secondary N) is 1. The van der Waals surface area contributed by atoms with E-state index in [0.29, 0.717) is 0 Å². The van der Waals surface area contributed by atoms with Gasteiger partial charge in [0, 0.05) is 0 Å². The Labute approximate surface area is 177 Å². The second kappa shape index (κ2) is 8.65. The fourth-order valence-corrected chi connectivity index (χ4v) is 2.64. The molecular weight excluding hydrogens is 469 g/mol. The normalized spacial score (nSPS) is 11.4. The maximum absolute atomic E-state index is 13.5. The molecule has 0 fully saturated rings. The lowest BCUT2D eigenvalue weighted by molar-refractivity contribution is 0.0519. The Kier molecular flexibility index (Phi) is 6.20. The molecule has 13 heteroatoms. The first kappa shape index (κ1) is 21.5. The Morgan fingerprint density at radius 2 is 2.07 bits per heavy atom. The van der Waals surface area contributed by atoms with Crippen LogP contribution in [0, 0.1) is 5.82 Å². The molecule has 1 aromatic carbocycles. The summed E-state index contributed by atoms with van der Waals surface area (Å²) < 4.78 is 34.7. The van der Waals surface area contributed by atoms with Crippen LogP contribution in [0.15, 0.2) is 36.6 Å². The van der Waals surface area contributed by atoms with Gasteiger partial charge >= 0.3 is 11.8 Å². The highest BCUT2D eigenvalue weighted by molar-refractivity contribution is 9.10. The van der Waals surface area contributed by atoms with E-state index in [1.807, 2.05) is 0 Å². The van der Waals surface area contributed by atoms with Crippen LogP contribution in [0.3, 0.4) is 0 Å². The molecule has 2 heterocycles. The van der Waals surface area contributed by atoms with Crippen molar-refractivity contribution in [3.8, 4) is 23.1 Å². The lowest BCUT2D eigenvalue weighted by Crippen LogP contribution is -2.34. The van der Waals surface area contributed by atoms with E-state index in [2.05, 4.69) is 41.3 Å². The summed E-state index contributed by atoms with van der Waals surface area (Å²) in [5.74, 6) is -1.47. The average Bonchev–Trinajstić information content (AvgIpc) is 3.26. The third-order valence-corrected chi connectivity index (χ3v) is 4.05. The molecule has 1 amide bonds. The van der Waals surface area contributed by atoms with Gasteiger partial charge in [-0.25, -0.2) is 23.2 Å². The molecule has 0 aliphatic carbocycles. The average molecular weight is 486 g/mol. The van der Waals surface area contributed by atoms with Crippen molar-refractivity contribution in [1.29, 1.82) is 0 Å². The van der Waals surface area contributed by atoms with Crippen molar-refractivity contribution in [3.63, 3.8) is 0 Å². The van der Waals surface area contributed by atoms with Gasteiger partial charge in [-0.15, -0.1) is 0 Å². The topological polar surface area (TPSA) is 135 Å². The molecule has 0 radical (unpaired) electrons. The van der Waals surface area contributed by atoms with Crippen molar-refractivity contribution in [2.24, 2.45) is 0 Å². The fourth-order valence-electron chi connectivity index (χ4n) is 2.28. The van der Waals surface area contributed by atoms with Crippen LogP contribution in [0.5, 0.6) is 5.88 Å². The Hall–Kier alpha value is -3.22. The van der Waals surface area contributed by atoms with Crippen molar-refractivity contribution in [3.05, 3.63) is 39.0 Å². The molecule has 2 aromatic heterocycles. The van der Waals surface area contributed by atoms with E-state index in [1.165, 1.54) is 18.2 Å². The number of amides is 1. The van der Waals surface area contributed by atoms with Gasteiger partial charge in [-0.2, -0.15) is 0 Å². The molecule has 0 aliphatic heterocycles. The van der Waals surface area contributed by atoms with Gasteiger partial charge in [-0.3, -0.25) is 4.52 Å². The SMILES string of the molecule is CC(C)(C)OC(=O)NCCOc1nonc1-c1noc(=O)n1-c1ccc(F)c(Br)c1. The number of carbonyl (C=O) groups is 1. The number of hydrogen-bond donors (Lipinski definition) is 1. The van der Waals surface area contributed by atoms with Crippen molar-refractivity contribution in [2.45, 2.75) is 26.4 Å². The number of halogens is 2. The minimum Gasteiger partial charge on any atom is -0.472 e. The van der Waals surface area contributed by atoms with E-state index >= 15 is 0 Å². The zero-order valence-corrected chi connectivity index (χ0v) is 17.7. The first-order chi connectivity index (χ1) is 14.2. The van der Waals surface area contributed by atoms with Gasteiger partial charge < -0.3 is 14.8 Å². The van der Waals surface area contributed by atoms with E-state index in [1.54, 1.807) is 20.8 Å². The lowest BCUT2D eigenvalue weighted by atomic mass is 10.2. The molecule has 3 aromatic rings. The van der Waals surface area contributed by atoms with Gasteiger partial charge in [-0.1, -0.05) is 5.16 Å². The highest BCUT2D eigenvalue weighted by atomic mass is 79.9. The molecule has 11 nitrogen and oxygen atoms in total. The summed E-state index contributed by atoms with van der Waals surface area (Å²) in [5, 5.41) is 13.5. The van der Waals surface area contributed by atoms with Crippen molar-refractivity contribution in [2.75, 3.05) is 13.2 Å². The van der Waals surface area contributed by atoms with E-state index < -0.39 is 23.3 Å². The summed E-state index contributed by atoms with van der Waals surface area (Å²) in [4.78, 5) is 23.8. The number of benzene rings is 1. The van der Waals surface area contributed by atoms with Gasteiger partial charge in [0.15, 0.2) is 0 Å². The predicted octanol–water partition coefficient (Wildman–Crippen LogP) is 2.68. The Morgan fingerprint density at radius 3 is 2.77 bits per heavy atom. The molecule has 3 rings (SSSR count). The molecule has 160 valence electrons. The van der Waals surface area contributed by atoms with Crippen LogP contribution < -0.4 is 15.8 Å². The smallest absolute Gasteiger partial charge is 0.446 e. The third-order valence-electron chi connectivity index (χ3n) is 3.45. The number of ether oxygens (including phenoxy) is 2. The minimum atomic E-state index is -0.830. The standard InChI is InChI=1S/C17H17BrFN5O6/c1-17(2,3)28-15(25)20-6-7-27-14-12(21-30-23-14)13-22-29-16(26)24(13)9-4-5-11(19)10(18)8-9/h4-5,8H,6-7H2,1-3H3,(H,20,25). The van der Waals surface area contributed by atoms with Gasteiger partial charge in [-0.05, 0) is 65.2 Å². The van der Waals surface area contributed by atoms with Crippen LogP contribution >= 0.6 is 15.9 Å². The molecule has 30 heavy (non-hydrogen) atoms. The maximum atomic E-state index is 13.5. The number of hydrogen-bond acceptors (Lipinski definition) is 9. The second-order valence-electron chi connectivity index (χ2n) is 6.90. The largest absolute Gasteiger partial charge is 0.472 e. The number of rotatable bonds is 6. The summed E-state index contributed by atoms with van der Waals surface area (Å²) in [7, 11) is 0. The van der Waals surface area contributed by atoms with Crippen LogP contribution in [-0.2, 0) is 4.74 Å². The summed E-state index contributed by atoms with van der Waals surface area (Å²) in [5.41, 5.74) is -0.372. The first-order valence-corrected chi connectivity index (χ1v) is 9.42. The zero-order valence-electron chi connectivity index (χ0n) is 16.1. The summed E-state index contributed by atoms with van der Waals surface area (Å²) in [6.45, 7) is 5.34. The Morgan fingerprint density at radius 1 is 1.30 bits per heavy atom. The number of aromatic nitrogens is 4. The van der Waals surface area contributed by atoms with Crippen molar-refractivity contribution < 1.29 is 27.8 Å². The molecule has 0 aliphatic rings. The maximum Gasteiger partial charge on any atom is 0.446 e. The predicted molar refractivity (Wildman–Crippen MR) is 103 cm³/mol. The van der Waals surface area contributed by atoms with Gasteiger partial charge in [0.1, 0.15) is 18.0 Å². The molecule has 0 saturated carbocycles. The Balaban J connectivity index is 1.74. The van der Waals surface area contributed by atoms with Crippen LogP contribution in [-0.4, -0.2) is 44.9 Å². The lowest BCUT2D eigenvalue weighted by Gasteiger charge is -2.19. The van der Waals surface area contributed by atoms with Gasteiger partial charge in [0.2, 0.25) is 11.5 Å². The number of alkyl carbamates (subject to hydrolysis) is 1. The van der Waals surface area contributed by atoms with Crippen LogP contribution in [0.4, 0.5) is 9.18 Å². The number of carbonyl (C=O) groups excluding carboxylic acids is 1. The van der Waals surface area contributed by atoms with Crippen LogP contribution in [0.1, 0.15) is 20.8 Å². The quantitative estimate of drug-likeness (QED) is 0.522. The summed E-state index contributed by atoms with van der Waals surface area (Å²) in [6.07, 6.45) is -0.600. The molecule has 0 bridgehead atoms. The highest BCUT2D eigenvalue weighted by Crippen LogP contribution is 2.27. The molecule has 0 saturated heterocycles. The minimum absolute atomic E-state index is 0.00460. The van der Waals surface area contributed by atoms with E-state index in [-0.39, 0.29) is 40.7 Å².